The smallest absolute Gasteiger partial charge is 0.236 e. The molecule has 0 spiro atoms. The Kier molecular flexibility index (Phi) is 5.36. The number of carbonyl (C=O) groups excluding carboxylic acids is 1. The summed E-state index contributed by atoms with van der Waals surface area (Å²) < 4.78 is 5.27. The quantitative estimate of drug-likeness (QED) is 0.820. The number of ether oxygens (including phenoxy) is 1. The maximum Gasteiger partial charge on any atom is 0.236 e. The Bertz CT molecular complexity index is 388. The van der Waals surface area contributed by atoms with Crippen molar-refractivity contribution in [2.75, 3.05) is 39.9 Å². The number of hydrogen-bond acceptors (Lipinski definition) is 4. The van der Waals surface area contributed by atoms with Crippen LogP contribution in [0.25, 0.3) is 0 Å². The van der Waals surface area contributed by atoms with Crippen molar-refractivity contribution in [3.05, 3.63) is 22.4 Å². The molecule has 0 radical (unpaired) electrons. The molecule has 106 valence electrons. The van der Waals surface area contributed by atoms with E-state index in [-0.39, 0.29) is 5.91 Å². The molecule has 0 aliphatic carbocycles. The van der Waals surface area contributed by atoms with Crippen molar-refractivity contribution in [1.29, 1.82) is 0 Å². The zero-order chi connectivity index (χ0) is 13.7. The van der Waals surface area contributed by atoms with E-state index in [0.29, 0.717) is 25.8 Å². The predicted molar refractivity (Wildman–Crippen MR) is 77.5 cm³/mol. The van der Waals surface area contributed by atoms with Crippen LogP contribution in [-0.2, 0) is 16.0 Å². The molecule has 1 aromatic rings. The van der Waals surface area contributed by atoms with Crippen LogP contribution >= 0.6 is 11.3 Å². The average Bonchev–Trinajstić information content (AvgIpc) is 2.92. The Morgan fingerprint density at radius 3 is 2.89 bits per heavy atom. The Hall–Kier alpha value is -0.910. The molecule has 5 heteroatoms. The van der Waals surface area contributed by atoms with Gasteiger partial charge in [-0.25, -0.2) is 0 Å². The second-order valence-electron chi connectivity index (χ2n) is 5.04. The maximum absolute atomic E-state index is 12.1. The number of nitrogens with zero attached hydrogens (tertiary/aromatic N) is 2. The standard InChI is InChI=1S/C14H22N2O2S/c1-12(10-13-4-3-9-19-13)15(2)11-14(17)16-5-7-18-8-6-16/h3-4,9,12H,5-8,10-11H2,1-2H3/t12-/m1/s1. The summed E-state index contributed by atoms with van der Waals surface area (Å²) in [7, 11) is 2.02. The van der Waals surface area contributed by atoms with Crippen LogP contribution in [0.5, 0.6) is 0 Å². The van der Waals surface area contributed by atoms with Crippen LogP contribution in [0, 0.1) is 0 Å². The highest BCUT2D eigenvalue weighted by Gasteiger charge is 2.20. The number of amides is 1. The fraction of sp³-hybridized carbons (Fsp3) is 0.643. The zero-order valence-corrected chi connectivity index (χ0v) is 12.5. The lowest BCUT2D eigenvalue weighted by atomic mass is 10.2. The summed E-state index contributed by atoms with van der Waals surface area (Å²) >= 11 is 1.78. The van der Waals surface area contributed by atoms with Gasteiger partial charge in [-0.15, -0.1) is 11.3 Å². The molecule has 4 nitrogen and oxygen atoms in total. The molecular weight excluding hydrogens is 260 g/mol. The molecule has 1 aliphatic heterocycles. The second kappa shape index (κ2) is 7.03. The monoisotopic (exact) mass is 282 g/mol. The molecule has 2 heterocycles. The van der Waals surface area contributed by atoms with Crippen LogP contribution in [0.15, 0.2) is 17.5 Å². The van der Waals surface area contributed by atoms with Crippen LogP contribution in [0.4, 0.5) is 0 Å². The number of hydrogen-bond donors (Lipinski definition) is 0. The van der Waals surface area contributed by atoms with E-state index in [0.717, 1.165) is 19.5 Å². The highest BCUT2D eigenvalue weighted by atomic mass is 32.1. The van der Waals surface area contributed by atoms with E-state index in [4.69, 9.17) is 4.74 Å². The minimum absolute atomic E-state index is 0.212. The molecule has 1 fully saturated rings. The number of thiophene rings is 1. The molecule has 1 amide bonds. The van der Waals surface area contributed by atoms with Gasteiger partial charge in [-0.1, -0.05) is 6.07 Å². The maximum atomic E-state index is 12.1. The van der Waals surface area contributed by atoms with Gasteiger partial charge < -0.3 is 9.64 Å². The van der Waals surface area contributed by atoms with E-state index < -0.39 is 0 Å². The molecule has 1 atom stereocenters. The number of rotatable bonds is 5. The van der Waals surface area contributed by atoms with E-state index in [1.165, 1.54) is 4.88 Å². The molecule has 0 saturated carbocycles. The number of likely N-dealkylation sites (N-methyl/N-ethyl adjacent to an activating group) is 1. The summed E-state index contributed by atoms with van der Waals surface area (Å²) in [4.78, 5) is 17.6. The average molecular weight is 282 g/mol. The van der Waals surface area contributed by atoms with Gasteiger partial charge in [0.15, 0.2) is 0 Å². The molecule has 1 aromatic heterocycles. The van der Waals surface area contributed by atoms with Gasteiger partial charge in [-0.3, -0.25) is 9.69 Å². The minimum atomic E-state index is 0.212. The first-order valence-corrected chi connectivity index (χ1v) is 7.63. The van der Waals surface area contributed by atoms with Crippen molar-refractivity contribution < 1.29 is 9.53 Å². The SMILES string of the molecule is C[C@H](Cc1cccs1)N(C)CC(=O)N1CCOCC1. The van der Waals surface area contributed by atoms with Gasteiger partial charge in [0.2, 0.25) is 5.91 Å². The summed E-state index contributed by atoms with van der Waals surface area (Å²) in [5.74, 6) is 0.212. The van der Waals surface area contributed by atoms with E-state index in [1.54, 1.807) is 11.3 Å². The third kappa shape index (κ3) is 4.30. The first kappa shape index (κ1) is 14.5. The van der Waals surface area contributed by atoms with Gasteiger partial charge in [0.1, 0.15) is 0 Å². The lowest BCUT2D eigenvalue weighted by Crippen LogP contribution is -2.46. The van der Waals surface area contributed by atoms with Crippen molar-refractivity contribution in [2.45, 2.75) is 19.4 Å². The first-order chi connectivity index (χ1) is 9.16. The van der Waals surface area contributed by atoms with Crippen LogP contribution in [0.2, 0.25) is 0 Å². The largest absolute Gasteiger partial charge is 0.378 e. The third-order valence-corrected chi connectivity index (χ3v) is 4.48. The van der Waals surface area contributed by atoms with Crippen molar-refractivity contribution in [2.24, 2.45) is 0 Å². The summed E-state index contributed by atoms with van der Waals surface area (Å²) in [6, 6.07) is 4.60. The Labute approximate surface area is 119 Å². The van der Waals surface area contributed by atoms with Crippen LogP contribution in [0.3, 0.4) is 0 Å². The molecule has 2 rings (SSSR count). The lowest BCUT2D eigenvalue weighted by Gasteiger charge is -2.30. The third-order valence-electron chi connectivity index (χ3n) is 3.58. The molecule has 1 aliphatic rings. The summed E-state index contributed by atoms with van der Waals surface area (Å²) in [5.41, 5.74) is 0. The van der Waals surface area contributed by atoms with Gasteiger partial charge in [-0.2, -0.15) is 0 Å². The van der Waals surface area contributed by atoms with E-state index in [1.807, 2.05) is 11.9 Å². The van der Waals surface area contributed by atoms with Gasteiger partial charge in [-0.05, 0) is 31.8 Å². The predicted octanol–water partition coefficient (Wildman–Crippen LogP) is 1.47. The Balaban J connectivity index is 1.78. The van der Waals surface area contributed by atoms with E-state index >= 15 is 0 Å². The molecule has 0 N–H and O–H groups in total. The van der Waals surface area contributed by atoms with E-state index in [2.05, 4.69) is 29.3 Å². The number of morpholine rings is 1. The van der Waals surface area contributed by atoms with Crippen molar-refractivity contribution in [1.82, 2.24) is 9.80 Å². The first-order valence-electron chi connectivity index (χ1n) is 6.75. The Morgan fingerprint density at radius 1 is 1.53 bits per heavy atom. The Morgan fingerprint density at radius 2 is 2.26 bits per heavy atom. The molecule has 0 unspecified atom stereocenters. The normalized spacial score (nSPS) is 17.7. The fourth-order valence-corrected chi connectivity index (χ4v) is 2.98. The van der Waals surface area contributed by atoms with E-state index in [9.17, 15) is 4.79 Å². The van der Waals surface area contributed by atoms with Crippen LogP contribution in [0.1, 0.15) is 11.8 Å². The summed E-state index contributed by atoms with van der Waals surface area (Å²) in [6.45, 7) is 5.46. The highest BCUT2D eigenvalue weighted by Crippen LogP contribution is 2.13. The van der Waals surface area contributed by atoms with Gasteiger partial charge in [0.25, 0.3) is 0 Å². The lowest BCUT2D eigenvalue weighted by molar-refractivity contribution is -0.136. The summed E-state index contributed by atoms with van der Waals surface area (Å²) in [6.07, 6.45) is 1.00. The van der Waals surface area contributed by atoms with Gasteiger partial charge in [0.05, 0.1) is 19.8 Å². The molecule has 0 bridgehead atoms. The molecule has 0 aromatic carbocycles. The molecule has 1 saturated heterocycles. The van der Waals surface area contributed by atoms with Gasteiger partial charge in [0, 0.05) is 24.0 Å². The zero-order valence-electron chi connectivity index (χ0n) is 11.7. The fourth-order valence-electron chi connectivity index (χ4n) is 2.16. The minimum Gasteiger partial charge on any atom is -0.378 e. The topological polar surface area (TPSA) is 32.8 Å². The van der Waals surface area contributed by atoms with Gasteiger partial charge >= 0.3 is 0 Å². The summed E-state index contributed by atoms with van der Waals surface area (Å²) in [5, 5.41) is 2.10. The molecular formula is C14H22N2O2S. The highest BCUT2D eigenvalue weighted by molar-refractivity contribution is 7.09. The molecule has 19 heavy (non-hydrogen) atoms. The van der Waals surface area contributed by atoms with Crippen LogP contribution in [-0.4, -0.2) is 61.6 Å². The van der Waals surface area contributed by atoms with Crippen molar-refractivity contribution >= 4 is 17.2 Å². The van der Waals surface area contributed by atoms with Crippen LogP contribution < -0.4 is 0 Å². The second-order valence-corrected chi connectivity index (χ2v) is 6.07. The van der Waals surface area contributed by atoms with Crippen molar-refractivity contribution in [3.8, 4) is 0 Å². The number of carbonyl (C=O) groups is 1. The van der Waals surface area contributed by atoms with Crippen molar-refractivity contribution in [3.63, 3.8) is 0 Å².